The van der Waals surface area contributed by atoms with Crippen LogP contribution >= 0.6 is 11.3 Å². The van der Waals surface area contributed by atoms with E-state index in [9.17, 15) is 4.79 Å². The van der Waals surface area contributed by atoms with Crippen molar-refractivity contribution in [3.63, 3.8) is 0 Å². The molecule has 2 aromatic rings. The molecule has 1 aliphatic heterocycles. The SMILES string of the molecule is NC(=O)c1sc2nccc(N3CCCC(CCCOCCO)C3)c2c1N. The molecule has 1 atom stereocenters. The van der Waals surface area contributed by atoms with Gasteiger partial charge in [-0.25, -0.2) is 4.98 Å². The van der Waals surface area contributed by atoms with Crippen LogP contribution in [0.2, 0.25) is 0 Å². The summed E-state index contributed by atoms with van der Waals surface area (Å²) in [6.45, 7) is 3.10. The number of anilines is 2. The number of nitrogen functional groups attached to an aromatic ring is 1. The van der Waals surface area contributed by atoms with Crippen LogP contribution in [0.3, 0.4) is 0 Å². The number of amides is 1. The Morgan fingerprint density at radius 2 is 2.31 bits per heavy atom. The van der Waals surface area contributed by atoms with E-state index in [1.807, 2.05) is 6.07 Å². The van der Waals surface area contributed by atoms with E-state index in [-0.39, 0.29) is 6.61 Å². The van der Waals surface area contributed by atoms with E-state index in [0.29, 0.717) is 29.7 Å². The first-order valence-electron chi connectivity index (χ1n) is 9.02. The number of aromatic nitrogens is 1. The highest BCUT2D eigenvalue weighted by molar-refractivity contribution is 7.21. The third-order valence-electron chi connectivity index (χ3n) is 4.83. The van der Waals surface area contributed by atoms with E-state index in [1.165, 1.54) is 17.8 Å². The van der Waals surface area contributed by atoms with Crippen LogP contribution in [0.15, 0.2) is 12.3 Å². The number of hydrogen-bond donors (Lipinski definition) is 3. The van der Waals surface area contributed by atoms with E-state index < -0.39 is 5.91 Å². The lowest BCUT2D eigenvalue weighted by atomic mass is 9.93. The third-order valence-corrected chi connectivity index (χ3v) is 5.96. The Kier molecular flexibility index (Phi) is 6.29. The fourth-order valence-electron chi connectivity index (χ4n) is 3.64. The maximum absolute atomic E-state index is 11.6. The fourth-order valence-corrected chi connectivity index (χ4v) is 4.57. The number of carbonyl (C=O) groups is 1. The minimum atomic E-state index is -0.504. The molecule has 0 spiro atoms. The van der Waals surface area contributed by atoms with Crippen LogP contribution in [0, 0.1) is 5.92 Å². The van der Waals surface area contributed by atoms with Gasteiger partial charge < -0.3 is 26.2 Å². The van der Waals surface area contributed by atoms with Crippen molar-refractivity contribution in [3.05, 3.63) is 17.1 Å². The van der Waals surface area contributed by atoms with Crippen molar-refractivity contribution in [1.82, 2.24) is 4.98 Å². The van der Waals surface area contributed by atoms with Gasteiger partial charge in [-0.1, -0.05) is 0 Å². The number of carbonyl (C=O) groups excluding carboxylic acids is 1. The monoisotopic (exact) mass is 378 g/mol. The van der Waals surface area contributed by atoms with Crippen molar-refractivity contribution in [2.75, 3.05) is 43.5 Å². The second-order valence-electron chi connectivity index (χ2n) is 6.65. The largest absolute Gasteiger partial charge is 0.397 e. The highest BCUT2D eigenvalue weighted by Crippen LogP contribution is 2.39. The molecule has 1 aliphatic rings. The predicted molar refractivity (Wildman–Crippen MR) is 105 cm³/mol. The van der Waals surface area contributed by atoms with Crippen LogP contribution in [-0.2, 0) is 4.74 Å². The second-order valence-corrected chi connectivity index (χ2v) is 7.65. The number of ether oxygens (including phenoxy) is 1. The van der Waals surface area contributed by atoms with Gasteiger partial charge in [-0.05, 0) is 37.7 Å². The summed E-state index contributed by atoms with van der Waals surface area (Å²) in [4.78, 5) is 19.5. The molecular weight excluding hydrogens is 352 g/mol. The molecule has 1 amide bonds. The molecule has 3 heterocycles. The van der Waals surface area contributed by atoms with Gasteiger partial charge in [-0.2, -0.15) is 0 Å². The lowest BCUT2D eigenvalue weighted by Gasteiger charge is -2.35. The highest BCUT2D eigenvalue weighted by atomic mass is 32.1. The van der Waals surface area contributed by atoms with Crippen molar-refractivity contribution in [2.45, 2.75) is 25.7 Å². The molecule has 3 rings (SSSR count). The first-order chi connectivity index (χ1) is 12.6. The Bertz CT molecular complexity index is 764. The molecule has 1 saturated heterocycles. The van der Waals surface area contributed by atoms with E-state index in [0.717, 1.165) is 48.3 Å². The molecule has 26 heavy (non-hydrogen) atoms. The van der Waals surface area contributed by atoms with Crippen LogP contribution in [0.5, 0.6) is 0 Å². The number of aliphatic hydroxyl groups excluding tert-OH is 1. The summed E-state index contributed by atoms with van der Waals surface area (Å²) >= 11 is 1.26. The lowest BCUT2D eigenvalue weighted by Crippen LogP contribution is -2.35. The van der Waals surface area contributed by atoms with E-state index in [1.54, 1.807) is 6.20 Å². The van der Waals surface area contributed by atoms with Gasteiger partial charge in [0.1, 0.15) is 9.71 Å². The molecule has 2 aromatic heterocycles. The van der Waals surface area contributed by atoms with E-state index in [2.05, 4.69) is 9.88 Å². The lowest BCUT2D eigenvalue weighted by molar-refractivity contribution is 0.0872. The Morgan fingerprint density at radius 3 is 3.08 bits per heavy atom. The molecule has 0 radical (unpaired) electrons. The zero-order chi connectivity index (χ0) is 18.5. The minimum Gasteiger partial charge on any atom is -0.397 e. The number of aliphatic hydroxyl groups is 1. The van der Waals surface area contributed by atoms with Crippen molar-refractivity contribution in [1.29, 1.82) is 0 Å². The average molecular weight is 378 g/mol. The predicted octanol–water partition coefficient (Wildman–Crippen LogP) is 1.98. The number of piperidine rings is 1. The number of nitrogens with zero attached hydrogens (tertiary/aromatic N) is 2. The average Bonchev–Trinajstić information content (AvgIpc) is 2.99. The number of fused-ring (bicyclic) bond motifs is 1. The Morgan fingerprint density at radius 1 is 1.46 bits per heavy atom. The Balaban J connectivity index is 1.73. The molecule has 1 fully saturated rings. The van der Waals surface area contributed by atoms with Gasteiger partial charge in [0.25, 0.3) is 5.91 Å². The molecule has 5 N–H and O–H groups in total. The molecule has 0 aliphatic carbocycles. The molecule has 8 heteroatoms. The Labute approximate surface area is 156 Å². The number of hydrogen-bond acceptors (Lipinski definition) is 7. The molecule has 1 unspecified atom stereocenters. The summed E-state index contributed by atoms with van der Waals surface area (Å²) in [5, 5.41) is 9.59. The maximum atomic E-state index is 11.6. The number of rotatable bonds is 8. The van der Waals surface area contributed by atoms with Gasteiger partial charge in [-0.15, -0.1) is 11.3 Å². The molecule has 0 saturated carbocycles. The van der Waals surface area contributed by atoms with Crippen LogP contribution < -0.4 is 16.4 Å². The zero-order valence-corrected chi connectivity index (χ0v) is 15.6. The standard InChI is InChI=1S/C18H26N4O3S/c19-15-14-13(5-6-21-18(14)26-16(15)17(20)24)22-7-1-3-12(11-22)4-2-9-25-10-8-23/h5-6,12,23H,1-4,7-11,19H2,(H2,20,24). The number of thiophene rings is 1. The smallest absolute Gasteiger partial charge is 0.260 e. The first kappa shape index (κ1) is 18.9. The van der Waals surface area contributed by atoms with Gasteiger partial charge in [0, 0.05) is 25.9 Å². The Hall–Kier alpha value is -1.90. The second kappa shape index (κ2) is 8.66. The zero-order valence-electron chi connectivity index (χ0n) is 14.8. The summed E-state index contributed by atoms with van der Waals surface area (Å²) < 4.78 is 5.35. The summed E-state index contributed by atoms with van der Waals surface area (Å²) in [5.74, 6) is 0.0935. The number of pyridine rings is 1. The summed E-state index contributed by atoms with van der Waals surface area (Å²) in [6.07, 6.45) is 6.19. The molecule has 0 aromatic carbocycles. The summed E-state index contributed by atoms with van der Waals surface area (Å²) in [6, 6.07) is 1.98. The highest BCUT2D eigenvalue weighted by Gasteiger charge is 2.24. The van der Waals surface area contributed by atoms with Crippen molar-refractivity contribution in [3.8, 4) is 0 Å². The number of primary amides is 1. The van der Waals surface area contributed by atoms with Gasteiger partial charge in [0.05, 0.1) is 30.0 Å². The topological polar surface area (TPSA) is 115 Å². The van der Waals surface area contributed by atoms with Crippen LogP contribution in [0.4, 0.5) is 11.4 Å². The molecule has 7 nitrogen and oxygen atoms in total. The van der Waals surface area contributed by atoms with Crippen LogP contribution in [0.1, 0.15) is 35.4 Å². The normalized spacial score (nSPS) is 17.7. The van der Waals surface area contributed by atoms with Gasteiger partial charge in [0.15, 0.2) is 0 Å². The fraction of sp³-hybridized carbons (Fsp3) is 0.556. The number of nitrogens with two attached hydrogens (primary N) is 2. The van der Waals surface area contributed by atoms with Gasteiger partial charge >= 0.3 is 0 Å². The van der Waals surface area contributed by atoms with Gasteiger partial charge in [-0.3, -0.25) is 4.79 Å². The maximum Gasteiger partial charge on any atom is 0.260 e. The minimum absolute atomic E-state index is 0.0740. The molecular formula is C18H26N4O3S. The van der Waals surface area contributed by atoms with Crippen LogP contribution in [0.25, 0.3) is 10.2 Å². The molecule has 0 bridgehead atoms. The van der Waals surface area contributed by atoms with Crippen LogP contribution in [-0.4, -0.2) is 48.9 Å². The van der Waals surface area contributed by atoms with Crippen molar-refractivity contribution >= 4 is 38.8 Å². The van der Waals surface area contributed by atoms with E-state index >= 15 is 0 Å². The quantitative estimate of drug-likeness (QED) is 0.605. The van der Waals surface area contributed by atoms with Crippen molar-refractivity contribution < 1.29 is 14.6 Å². The van der Waals surface area contributed by atoms with E-state index in [4.69, 9.17) is 21.3 Å². The van der Waals surface area contributed by atoms with Gasteiger partial charge in [0.2, 0.25) is 0 Å². The molecule has 142 valence electrons. The first-order valence-corrected chi connectivity index (χ1v) is 9.83. The summed E-state index contributed by atoms with van der Waals surface area (Å²) in [7, 11) is 0. The summed E-state index contributed by atoms with van der Waals surface area (Å²) in [5.41, 5.74) is 13.1. The van der Waals surface area contributed by atoms with Crippen molar-refractivity contribution in [2.24, 2.45) is 11.7 Å². The third kappa shape index (κ3) is 4.08.